The van der Waals surface area contributed by atoms with E-state index in [0.717, 1.165) is 31.0 Å². The Hall–Kier alpha value is -1.10. The Balaban J connectivity index is 1.90. The maximum atomic E-state index is 12.1. The van der Waals surface area contributed by atoms with Crippen molar-refractivity contribution in [3.05, 3.63) is 33.8 Å². The van der Waals surface area contributed by atoms with Gasteiger partial charge in [-0.2, -0.15) is 0 Å². The molecule has 0 aliphatic carbocycles. The van der Waals surface area contributed by atoms with Crippen molar-refractivity contribution in [1.82, 2.24) is 10.2 Å². The van der Waals surface area contributed by atoms with E-state index in [1.165, 1.54) is 23.1 Å². The Morgan fingerprint density at radius 2 is 2.38 bits per heavy atom. The average molecular weight is 309 g/mol. The quantitative estimate of drug-likeness (QED) is 0.931. The molecule has 21 heavy (non-hydrogen) atoms. The van der Waals surface area contributed by atoms with Gasteiger partial charge in [0.25, 0.3) is 0 Å². The van der Waals surface area contributed by atoms with Gasteiger partial charge in [0.15, 0.2) is 0 Å². The van der Waals surface area contributed by atoms with Gasteiger partial charge in [-0.05, 0) is 54.6 Å². The predicted molar refractivity (Wildman–Crippen MR) is 82.4 cm³/mol. The number of hydrogen-bond acceptors (Lipinski definition) is 3. The van der Waals surface area contributed by atoms with Crippen molar-refractivity contribution in [2.24, 2.45) is 0 Å². The molecule has 1 N–H and O–H groups in total. The molecule has 0 spiro atoms. The molecule has 0 saturated carbocycles. The molecule has 1 aromatic rings. The molecule has 3 rings (SSSR count). The van der Waals surface area contributed by atoms with Crippen molar-refractivity contribution in [3.8, 4) is 0 Å². The second kappa shape index (κ2) is 6.34. The topological polar surface area (TPSA) is 41.6 Å². The van der Waals surface area contributed by atoms with Crippen LogP contribution in [-0.4, -0.2) is 37.6 Å². The van der Waals surface area contributed by atoms with Crippen LogP contribution in [0.25, 0.3) is 0 Å². The van der Waals surface area contributed by atoms with E-state index in [2.05, 4.69) is 11.4 Å². The lowest BCUT2D eigenvalue weighted by Crippen LogP contribution is -2.38. The van der Waals surface area contributed by atoms with Crippen LogP contribution in [0.1, 0.15) is 35.6 Å². The van der Waals surface area contributed by atoms with Crippen LogP contribution in [0.5, 0.6) is 0 Å². The molecule has 114 valence electrons. The van der Waals surface area contributed by atoms with Gasteiger partial charge in [-0.15, -0.1) is 0 Å². The van der Waals surface area contributed by atoms with Crippen molar-refractivity contribution < 1.29 is 9.53 Å². The van der Waals surface area contributed by atoms with E-state index in [4.69, 9.17) is 16.3 Å². The van der Waals surface area contributed by atoms with Gasteiger partial charge < -0.3 is 15.0 Å². The van der Waals surface area contributed by atoms with Gasteiger partial charge in [0.2, 0.25) is 5.91 Å². The summed E-state index contributed by atoms with van der Waals surface area (Å²) in [5, 5.41) is 4.33. The molecule has 1 aromatic carbocycles. The summed E-state index contributed by atoms with van der Waals surface area (Å²) in [7, 11) is 1.56. The van der Waals surface area contributed by atoms with Crippen molar-refractivity contribution in [3.63, 3.8) is 0 Å². The monoisotopic (exact) mass is 308 g/mol. The van der Waals surface area contributed by atoms with Gasteiger partial charge in [-0.3, -0.25) is 4.79 Å². The van der Waals surface area contributed by atoms with Crippen LogP contribution in [0.2, 0.25) is 5.02 Å². The van der Waals surface area contributed by atoms with E-state index in [9.17, 15) is 4.79 Å². The van der Waals surface area contributed by atoms with E-state index in [1.807, 2.05) is 11.0 Å². The number of benzene rings is 1. The minimum atomic E-state index is 0.0587. The zero-order chi connectivity index (χ0) is 14.8. The third-order valence-electron chi connectivity index (χ3n) is 4.40. The maximum Gasteiger partial charge on any atom is 0.248 e. The van der Waals surface area contributed by atoms with Gasteiger partial charge in [0.05, 0.1) is 0 Å². The lowest BCUT2D eigenvalue weighted by atomic mass is 9.90. The summed E-state index contributed by atoms with van der Waals surface area (Å²) in [5.74, 6) is 0.0587. The van der Waals surface area contributed by atoms with Crippen molar-refractivity contribution in [2.45, 2.75) is 31.8 Å². The number of halogens is 1. The molecule has 2 heterocycles. The molecule has 5 heteroatoms. The summed E-state index contributed by atoms with van der Waals surface area (Å²) in [5.41, 5.74) is 3.83. The Kier molecular flexibility index (Phi) is 4.48. The van der Waals surface area contributed by atoms with Crippen molar-refractivity contribution in [1.29, 1.82) is 0 Å². The fraction of sp³-hybridized carbons (Fsp3) is 0.562. The number of nitrogens with one attached hydrogen (secondary N) is 1. The first-order valence-corrected chi connectivity index (χ1v) is 7.88. The number of rotatable bonds is 3. The van der Waals surface area contributed by atoms with Crippen LogP contribution >= 0.6 is 11.6 Å². The highest BCUT2D eigenvalue weighted by atomic mass is 35.5. The third kappa shape index (κ3) is 3.07. The normalized spacial score (nSPS) is 21.4. The van der Waals surface area contributed by atoms with Crippen LogP contribution in [0.3, 0.4) is 0 Å². The smallest absolute Gasteiger partial charge is 0.248 e. The summed E-state index contributed by atoms with van der Waals surface area (Å²) in [4.78, 5) is 14.0. The van der Waals surface area contributed by atoms with E-state index >= 15 is 0 Å². The fourth-order valence-electron chi connectivity index (χ4n) is 3.35. The lowest BCUT2D eigenvalue weighted by Gasteiger charge is -2.31. The number of nitrogens with zero attached hydrogens (tertiary/aromatic N) is 1. The van der Waals surface area contributed by atoms with Crippen LogP contribution in [-0.2, 0) is 22.5 Å². The third-order valence-corrected chi connectivity index (χ3v) is 4.62. The highest BCUT2D eigenvalue weighted by Gasteiger charge is 2.27. The molecule has 1 fully saturated rings. The summed E-state index contributed by atoms with van der Waals surface area (Å²) < 4.78 is 4.97. The lowest BCUT2D eigenvalue weighted by molar-refractivity contribution is -0.136. The highest BCUT2D eigenvalue weighted by Crippen LogP contribution is 2.33. The van der Waals surface area contributed by atoms with E-state index in [-0.39, 0.29) is 12.5 Å². The molecule has 0 bridgehead atoms. The van der Waals surface area contributed by atoms with E-state index in [1.54, 1.807) is 7.11 Å². The summed E-state index contributed by atoms with van der Waals surface area (Å²) in [6.07, 6.45) is 3.20. The maximum absolute atomic E-state index is 12.1. The number of carbonyl (C=O) groups excluding carboxylic acids is 1. The van der Waals surface area contributed by atoms with Crippen molar-refractivity contribution in [2.75, 3.05) is 26.8 Å². The number of hydrogen-bond donors (Lipinski definition) is 1. The fourth-order valence-corrected chi connectivity index (χ4v) is 3.60. The summed E-state index contributed by atoms with van der Waals surface area (Å²) in [6.45, 7) is 2.62. The van der Waals surface area contributed by atoms with Crippen molar-refractivity contribution >= 4 is 17.5 Å². The number of fused-ring (bicyclic) bond motifs is 1. The zero-order valence-electron chi connectivity index (χ0n) is 12.3. The number of methoxy groups -OCH3 is 1. The standard InChI is InChI=1S/C16H21ClN2O2/c1-21-10-16(20)19-6-4-11-7-12(17)8-13(14(11)9-19)15-3-2-5-18-15/h7-8,15,18H,2-6,9-10H2,1H3/t15-/m0/s1. The Morgan fingerprint density at radius 3 is 3.10 bits per heavy atom. The van der Waals surface area contributed by atoms with Crippen LogP contribution < -0.4 is 5.32 Å². The number of ether oxygens (including phenoxy) is 1. The molecule has 0 radical (unpaired) electrons. The van der Waals surface area contributed by atoms with Gasteiger partial charge in [-0.1, -0.05) is 11.6 Å². The zero-order valence-corrected chi connectivity index (χ0v) is 13.1. The first-order chi connectivity index (χ1) is 10.2. The minimum Gasteiger partial charge on any atom is -0.375 e. The molecule has 4 nitrogen and oxygen atoms in total. The van der Waals surface area contributed by atoms with Crippen LogP contribution in [0.15, 0.2) is 12.1 Å². The van der Waals surface area contributed by atoms with Crippen LogP contribution in [0.4, 0.5) is 0 Å². The van der Waals surface area contributed by atoms with E-state index < -0.39 is 0 Å². The Bertz CT molecular complexity index is 541. The second-order valence-corrected chi connectivity index (χ2v) is 6.22. The molecular weight excluding hydrogens is 288 g/mol. The molecular formula is C16H21ClN2O2. The molecule has 0 unspecified atom stereocenters. The molecule has 0 aromatic heterocycles. The highest BCUT2D eigenvalue weighted by molar-refractivity contribution is 6.30. The number of amides is 1. The molecule has 2 aliphatic heterocycles. The molecule has 2 aliphatic rings. The molecule has 1 saturated heterocycles. The second-order valence-electron chi connectivity index (χ2n) is 5.78. The van der Waals surface area contributed by atoms with Crippen LogP contribution in [0, 0.1) is 0 Å². The van der Waals surface area contributed by atoms with Gasteiger partial charge in [0.1, 0.15) is 6.61 Å². The van der Waals surface area contributed by atoms with Gasteiger partial charge in [0, 0.05) is 31.3 Å². The first kappa shape index (κ1) is 14.8. The average Bonchev–Trinajstić information content (AvgIpc) is 3.00. The minimum absolute atomic E-state index is 0.0587. The first-order valence-electron chi connectivity index (χ1n) is 7.50. The van der Waals surface area contributed by atoms with Gasteiger partial charge in [-0.25, -0.2) is 0 Å². The summed E-state index contributed by atoms with van der Waals surface area (Å²) >= 11 is 6.28. The SMILES string of the molecule is COCC(=O)N1CCc2cc(Cl)cc([C@@H]3CCCN3)c2C1. The van der Waals surface area contributed by atoms with Gasteiger partial charge >= 0.3 is 0 Å². The predicted octanol–water partition coefficient (Wildman–Crippen LogP) is 2.30. The summed E-state index contributed by atoms with van der Waals surface area (Å²) in [6, 6.07) is 4.48. The number of carbonyl (C=O) groups is 1. The Labute approximate surface area is 130 Å². The molecule has 1 amide bonds. The Morgan fingerprint density at radius 1 is 1.52 bits per heavy atom. The van der Waals surface area contributed by atoms with E-state index in [0.29, 0.717) is 12.6 Å². The molecule has 1 atom stereocenters. The largest absolute Gasteiger partial charge is 0.375 e.